The highest BCUT2D eigenvalue weighted by Gasteiger charge is 2.15. The smallest absolute Gasteiger partial charge is 0.511 e. The minimum Gasteiger partial charge on any atom is -0.511 e. The SMILES string of the molecule is COc1cccc2cccc(OB(O)O)c12. The lowest BCUT2D eigenvalue weighted by Crippen LogP contribution is -2.20. The summed E-state index contributed by atoms with van der Waals surface area (Å²) in [5, 5.41) is 19.3. The molecule has 2 N–H and O–H groups in total. The lowest BCUT2D eigenvalue weighted by molar-refractivity contribution is 0.289. The van der Waals surface area contributed by atoms with Crippen molar-refractivity contribution in [3.8, 4) is 11.5 Å². The van der Waals surface area contributed by atoms with Gasteiger partial charge in [0.05, 0.1) is 12.5 Å². The van der Waals surface area contributed by atoms with Crippen LogP contribution in [0.5, 0.6) is 11.5 Å². The third-order valence-corrected chi connectivity index (χ3v) is 2.28. The zero-order valence-electron chi connectivity index (χ0n) is 8.75. The molecule has 16 heavy (non-hydrogen) atoms. The molecule has 0 fully saturated rings. The van der Waals surface area contributed by atoms with Gasteiger partial charge in [-0.05, 0) is 17.5 Å². The molecule has 0 amide bonds. The van der Waals surface area contributed by atoms with Crippen LogP contribution >= 0.6 is 0 Å². The molecule has 0 aliphatic rings. The second kappa shape index (κ2) is 4.43. The van der Waals surface area contributed by atoms with Crippen LogP contribution in [-0.4, -0.2) is 24.5 Å². The van der Waals surface area contributed by atoms with Gasteiger partial charge in [0.25, 0.3) is 0 Å². The van der Waals surface area contributed by atoms with Crippen LogP contribution in [0.4, 0.5) is 0 Å². The normalized spacial score (nSPS) is 10.2. The first-order valence-electron chi connectivity index (χ1n) is 4.81. The van der Waals surface area contributed by atoms with Gasteiger partial charge in [0.15, 0.2) is 0 Å². The summed E-state index contributed by atoms with van der Waals surface area (Å²) in [5.41, 5.74) is 0. The molecule has 0 atom stereocenters. The predicted octanol–water partition coefficient (Wildman–Crippen LogP) is 1.20. The van der Waals surface area contributed by atoms with Gasteiger partial charge < -0.3 is 19.4 Å². The molecule has 0 unspecified atom stereocenters. The molecule has 0 spiro atoms. The molecule has 4 nitrogen and oxygen atoms in total. The predicted molar refractivity (Wildman–Crippen MR) is 61.3 cm³/mol. The van der Waals surface area contributed by atoms with Gasteiger partial charge in [-0.1, -0.05) is 24.3 Å². The summed E-state index contributed by atoms with van der Waals surface area (Å²) in [5.74, 6) is 1.01. The lowest BCUT2D eigenvalue weighted by atomic mass is 10.1. The van der Waals surface area contributed by atoms with Gasteiger partial charge >= 0.3 is 7.32 Å². The van der Waals surface area contributed by atoms with E-state index < -0.39 is 7.32 Å². The minimum absolute atomic E-state index is 0.380. The van der Waals surface area contributed by atoms with E-state index in [0.717, 1.165) is 10.8 Å². The van der Waals surface area contributed by atoms with E-state index in [1.807, 2.05) is 18.2 Å². The number of hydrogen-bond donors (Lipinski definition) is 2. The second-order valence-corrected chi connectivity index (χ2v) is 3.26. The molecule has 82 valence electrons. The maximum atomic E-state index is 8.82. The maximum Gasteiger partial charge on any atom is 0.707 e. The molecule has 0 saturated heterocycles. The molecule has 0 aliphatic heterocycles. The highest BCUT2D eigenvalue weighted by Crippen LogP contribution is 2.33. The molecule has 2 rings (SSSR count). The zero-order chi connectivity index (χ0) is 11.5. The van der Waals surface area contributed by atoms with Crippen LogP contribution in [0, 0.1) is 0 Å². The Hall–Kier alpha value is -1.72. The summed E-state index contributed by atoms with van der Waals surface area (Å²) >= 11 is 0. The lowest BCUT2D eigenvalue weighted by Gasteiger charge is -2.11. The number of ether oxygens (including phenoxy) is 1. The Labute approximate surface area is 93.2 Å². The van der Waals surface area contributed by atoms with Gasteiger partial charge in [-0.3, -0.25) is 0 Å². The van der Waals surface area contributed by atoms with Crippen LogP contribution < -0.4 is 9.39 Å². The maximum absolute atomic E-state index is 8.82. The van der Waals surface area contributed by atoms with Crippen molar-refractivity contribution < 1.29 is 19.4 Å². The Morgan fingerprint density at radius 3 is 2.19 bits per heavy atom. The Bertz CT molecular complexity index is 493. The van der Waals surface area contributed by atoms with Crippen LogP contribution in [0.15, 0.2) is 36.4 Å². The molecule has 0 heterocycles. The summed E-state index contributed by atoms with van der Waals surface area (Å²) in [6.07, 6.45) is 0. The van der Waals surface area contributed by atoms with Crippen LogP contribution in [0.25, 0.3) is 10.8 Å². The third-order valence-electron chi connectivity index (χ3n) is 2.28. The Balaban J connectivity index is 2.63. The molecular formula is C11H11BO4. The van der Waals surface area contributed by atoms with E-state index in [4.69, 9.17) is 19.4 Å². The van der Waals surface area contributed by atoms with Crippen molar-refractivity contribution in [1.82, 2.24) is 0 Å². The highest BCUT2D eigenvalue weighted by atomic mass is 16.6. The first-order valence-corrected chi connectivity index (χ1v) is 4.81. The van der Waals surface area contributed by atoms with Crippen molar-refractivity contribution >= 4 is 18.1 Å². The Kier molecular flexibility index (Phi) is 2.98. The second-order valence-electron chi connectivity index (χ2n) is 3.26. The van der Waals surface area contributed by atoms with E-state index in [-0.39, 0.29) is 0 Å². The van der Waals surface area contributed by atoms with Gasteiger partial charge in [0.1, 0.15) is 11.5 Å². The van der Waals surface area contributed by atoms with Crippen molar-refractivity contribution in [1.29, 1.82) is 0 Å². The van der Waals surface area contributed by atoms with Gasteiger partial charge in [0.2, 0.25) is 0 Å². The van der Waals surface area contributed by atoms with Crippen LogP contribution in [0.3, 0.4) is 0 Å². The fourth-order valence-electron chi connectivity index (χ4n) is 1.66. The molecule has 2 aromatic carbocycles. The van der Waals surface area contributed by atoms with Gasteiger partial charge in [0, 0.05) is 0 Å². The first-order chi connectivity index (χ1) is 7.72. The number of hydrogen-bond acceptors (Lipinski definition) is 4. The largest absolute Gasteiger partial charge is 0.707 e. The number of rotatable bonds is 3. The minimum atomic E-state index is -1.84. The highest BCUT2D eigenvalue weighted by molar-refractivity contribution is 6.34. The molecule has 0 bridgehead atoms. The van der Waals surface area contributed by atoms with Gasteiger partial charge in [-0.2, -0.15) is 0 Å². The van der Waals surface area contributed by atoms with Crippen LogP contribution in [0.1, 0.15) is 0 Å². The summed E-state index contributed by atoms with van der Waals surface area (Å²) in [6.45, 7) is 0. The van der Waals surface area contributed by atoms with E-state index in [1.165, 1.54) is 0 Å². The van der Waals surface area contributed by atoms with Crippen molar-refractivity contribution in [3.05, 3.63) is 36.4 Å². The standard InChI is InChI=1S/C11H11BO4/c1-15-9-6-2-4-8-5-3-7-10(11(8)9)16-12(13)14/h2-7,13-14H,1H3. The summed E-state index contributed by atoms with van der Waals surface area (Å²) in [6, 6.07) is 10.9. The van der Waals surface area contributed by atoms with Crippen molar-refractivity contribution in [2.75, 3.05) is 7.11 Å². The van der Waals surface area contributed by atoms with E-state index in [1.54, 1.807) is 25.3 Å². The van der Waals surface area contributed by atoms with Gasteiger partial charge in [-0.25, -0.2) is 0 Å². The van der Waals surface area contributed by atoms with Crippen LogP contribution in [0.2, 0.25) is 0 Å². The molecular weight excluding hydrogens is 207 g/mol. The third kappa shape index (κ3) is 1.96. The van der Waals surface area contributed by atoms with Crippen LogP contribution in [-0.2, 0) is 0 Å². The number of methoxy groups -OCH3 is 1. The van der Waals surface area contributed by atoms with Crippen molar-refractivity contribution in [2.45, 2.75) is 0 Å². The number of fused-ring (bicyclic) bond motifs is 1. The quantitative estimate of drug-likeness (QED) is 0.759. The molecule has 0 saturated carbocycles. The number of benzene rings is 2. The zero-order valence-corrected chi connectivity index (χ0v) is 8.75. The molecule has 0 aliphatic carbocycles. The van der Waals surface area contributed by atoms with E-state index in [2.05, 4.69) is 0 Å². The average molecular weight is 218 g/mol. The van der Waals surface area contributed by atoms with Crippen molar-refractivity contribution in [2.24, 2.45) is 0 Å². The summed E-state index contributed by atoms with van der Waals surface area (Å²) in [7, 11) is -0.281. The monoisotopic (exact) mass is 218 g/mol. The molecule has 5 heteroatoms. The molecule has 2 aromatic rings. The summed E-state index contributed by atoms with van der Waals surface area (Å²) in [4.78, 5) is 0. The van der Waals surface area contributed by atoms with E-state index >= 15 is 0 Å². The Morgan fingerprint density at radius 1 is 1.00 bits per heavy atom. The molecule has 0 aromatic heterocycles. The van der Waals surface area contributed by atoms with Crippen molar-refractivity contribution in [3.63, 3.8) is 0 Å². The first kappa shape index (κ1) is 10.8. The fraction of sp³-hybridized carbons (Fsp3) is 0.0909. The summed E-state index contributed by atoms with van der Waals surface area (Å²) < 4.78 is 10.1. The van der Waals surface area contributed by atoms with Gasteiger partial charge in [-0.15, -0.1) is 0 Å². The van der Waals surface area contributed by atoms with E-state index in [0.29, 0.717) is 11.5 Å². The average Bonchev–Trinajstić information content (AvgIpc) is 2.28. The topological polar surface area (TPSA) is 58.9 Å². The Morgan fingerprint density at radius 2 is 1.62 bits per heavy atom. The fourth-order valence-corrected chi connectivity index (χ4v) is 1.66. The van der Waals surface area contributed by atoms with E-state index in [9.17, 15) is 0 Å². The molecule has 0 radical (unpaired) electrons.